The number of anilines is 1. The molecule has 0 radical (unpaired) electrons. The Hall–Kier alpha value is -1.80. The summed E-state index contributed by atoms with van der Waals surface area (Å²) in [4.78, 5) is 12.1. The van der Waals surface area contributed by atoms with Gasteiger partial charge in [0.2, 0.25) is 5.91 Å². The minimum Gasteiger partial charge on any atom is -0.494 e. The summed E-state index contributed by atoms with van der Waals surface area (Å²) in [5, 5.41) is 2.79. The molecule has 146 valence electrons. The summed E-state index contributed by atoms with van der Waals surface area (Å²) in [5.74, 6) is 0.341. The summed E-state index contributed by atoms with van der Waals surface area (Å²) >= 11 is 0. The molecule has 0 aliphatic carbocycles. The van der Waals surface area contributed by atoms with Gasteiger partial charge in [0.1, 0.15) is 5.75 Å². The number of amides is 1. The lowest BCUT2D eigenvalue weighted by Gasteiger charge is -2.35. The topological polar surface area (TPSA) is 79.0 Å². The molecule has 0 bridgehead atoms. The average molecular weight is 384 g/mol. The molecule has 1 aromatic rings. The molecule has 1 atom stereocenters. The van der Waals surface area contributed by atoms with Crippen molar-refractivity contribution >= 4 is 21.8 Å². The molecule has 0 aromatic heterocycles. The van der Waals surface area contributed by atoms with E-state index in [-0.39, 0.29) is 18.4 Å². The fraction of sp³-hybridized carbons (Fsp3) is 0.611. The van der Waals surface area contributed by atoms with Crippen LogP contribution in [0.25, 0.3) is 0 Å². The van der Waals surface area contributed by atoms with Gasteiger partial charge in [0, 0.05) is 26.2 Å². The van der Waals surface area contributed by atoms with Crippen LogP contribution in [0.3, 0.4) is 0 Å². The Morgan fingerprint density at radius 1 is 1.27 bits per heavy atom. The highest BCUT2D eigenvalue weighted by Crippen LogP contribution is 2.26. The highest BCUT2D eigenvalue weighted by Gasteiger charge is 2.35. The molecule has 1 unspecified atom stereocenters. The Labute approximate surface area is 156 Å². The Bertz CT molecular complexity index is 691. The average Bonchev–Trinajstić information content (AvgIpc) is 2.64. The minimum atomic E-state index is -3.69. The molecule has 1 heterocycles. The van der Waals surface area contributed by atoms with Crippen molar-refractivity contribution < 1.29 is 17.9 Å². The van der Waals surface area contributed by atoms with Crippen LogP contribution in [-0.4, -0.2) is 51.4 Å². The lowest BCUT2D eigenvalue weighted by molar-refractivity contribution is -0.125. The van der Waals surface area contributed by atoms with Gasteiger partial charge in [-0.2, -0.15) is 12.7 Å². The molecule has 26 heavy (non-hydrogen) atoms. The predicted molar refractivity (Wildman–Crippen MR) is 103 cm³/mol. The van der Waals surface area contributed by atoms with Gasteiger partial charge in [-0.3, -0.25) is 9.10 Å². The second kappa shape index (κ2) is 9.23. The van der Waals surface area contributed by atoms with Crippen molar-refractivity contribution in [3.63, 3.8) is 0 Å². The molecule has 1 amide bonds. The lowest BCUT2D eigenvalue weighted by atomic mass is 9.99. The number of rotatable bonds is 8. The number of carbonyl (C=O) groups is 1. The number of ether oxygens (including phenoxy) is 1. The zero-order valence-electron chi connectivity index (χ0n) is 15.8. The third-order valence-electron chi connectivity index (χ3n) is 4.43. The summed E-state index contributed by atoms with van der Waals surface area (Å²) in [6.45, 7) is 7.66. The highest BCUT2D eigenvalue weighted by atomic mass is 32.2. The molecule has 0 saturated carbocycles. The van der Waals surface area contributed by atoms with Crippen LogP contribution in [0.15, 0.2) is 24.3 Å². The first kappa shape index (κ1) is 20.5. The molecule has 0 spiro atoms. The van der Waals surface area contributed by atoms with Crippen molar-refractivity contribution in [2.24, 2.45) is 5.92 Å². The third kappa shape index (κ3) is 4.67. The second-order valence-corrected chi connectivity index (χ2v) is 8.04. The molecule has 7 nitrogen and oxygen atoms in total. The quantitative estimate of drug-likeness (QED) is 0.745. The summed E-state index contributed by atoms with van der Waals surface area (Å²) in [5.41, 5.74) is 0.594. The molecule has 8 heteroatoms. The van der Waals surface area contributed by atoms with Gasteiger partial charge in [0.15, 0.2) is 0 Å². The standard InChI is InChI=1S/C18H29N3O4S/c1-4-19-18(22)15-8-7-13-20(14-15)26(23,24)21(5-2)16-9-11-17(12-10-16)25-6-3/h9-12,15H,4-8,13-14H2,1-3H3,(H,19,22). The number of nitrogens with one attached hydrogen (secondary N) is 1. The van der Waals surface area contributed by atoms with Gasteiger partial charge in [-0.05, 0) is 57.9 Å². The van der Waals surface area contributed by atoms with E-state index in [1.807, 2.05) is 13.8 Å². The van der Waals surface area contributed by atoms with Crippen LogP contribution in [0, 0.1) is 5.92 Å². The zero-order chi connectivity index (χ0) is 19.2. The van der Waals surface area contributed by atoms with Gasteiger partial charge in [0.25, 0.3) is 0 Å². The Kier molecular flexibility index (Phi) is 7.28. The molecular formula is C18H29N3O4S. The van der Waals surface area contributed by atoms with Crippen LogP contribution in [-0.2, 0) is 15.0 Å². The van der Waals surface area contributed by atoms with E-state index in [9.17, 15) is 13.2 Å². The first-order valence-electron chi connectivity index (χ1n) is 9.22. The molecule has 1 N–H and O–H groups in total. The molecular weight excluding hydrogens is 354 g/mol. The lowest BCUT2D eigenvalue weighted by Crippen LogP contribution is -2.50. The number of hydrogen-bond acceptors (Lipinski definition) is 4. The molecule has 2 rings (SSSR count). The third-order valence-corrected chi connectivity index (χ3v) is 6.44. The van der Waals surface area contributed by atoms with Crippen molar-refractivity contribution in [1.82, 2.24) is 9.62 Å². The van der Waals surface area contributed by atoms with E-state index in [0.717, 1.165) is 0 Å². The van der Waals surface area contributed by atoms with Crippen LogP contribution in [0.1, 0.15) is 33.6 Å². The van der Waals surface area contributed by atoms with Gasteiger partial charge in [-0.15, -0.1) is 0 Å². The molecule has 1 aliphatic heterocycles. The molecule has 1 aromatic carbocycles. The van der Waals surface area contributed by atoms with Gasteiger partial charge < -0.3 is 10.1 Å². The van der Waals surface area contributed by atoms with Crippen molar-refractivity contribution in [1.29, 1.82) is 0 Å². The van der Waals surface area contributed by atoms with Gasteiger partial charge >= 0.3 is 10.2 Å². The second-order valence-electron chi connectivity index (χ2n) is 6.19. The maximum absolute atomic E-state index is 13.1. The van der Waals surface area contributed by atoms with Crippen molar-refractivity contribution in [2.45, 2.75) is 33.6 Å². The largest absolute Gasteiger partial charge is 0.494 e. The van der Waals surface area contributed by atoms with Crippen molar-refractivity contribution in [3.8, 4) is 5.75 Å². The summed E-state index contributed by atoms with van der Waals surface area (Å²) < 4.78 is 34.5. The number of carbonyl (C=O) groups excluding carboxylic acids is 1. The maximum Gasteiger partial charge on any atom is 0.304 e. The van der Waals surface area contributed by atoms with Crippen LogP contribution >= 0.6 is 0 Å². The monoisotopic (exact) mass is 383 g/mol. The number of hydrogen-bond donors (Lipinski definition) is 1. The summed E-state index contributed by atoms with van der Waals surface area (Å²) in [6, 6.07) is 7.03. The van der Waals surface area contributed by atoms with E-state index in [1.54, 1.807) is 31.2 Å². The Balaban J connectivity index is 2.18. The van der Waals surface area contributed by atoms with E-state index in [1.165, 1.54) is 8.61 Å². The Morgan fingerprint density at radius 3 is 2.54 bits per heavy atom. The van der Waals surface area contributed by atoms with Gasteiger partial charge in [-0.25, -0.2) is 0 Å². The number of nitrogens with zero attached hydrogens (tertiary/aromatic N) is 2. The van der Waals surface area contributed by atoms with E-state index in [4.69, 9.17) is 4.74 Å². The molecule has 1 fully saturated rings. The van der Waals surface area contributed by atoms with E-state index in [0.29, 0.717) is 50.5 Å². The number of benzene rings is 1. The molecule has 1 aliphatic rings. The first-order valence-corrected chi connectivity index (χ1v) is 10.6. The van der Waals surface area contributed by atoms with Crippen molar-refractivity contribution in [3.05, 3.63) is 24.3 Å². The predicted octanol–water partition coefficient (Wildman–Crippen LogP) is 2.00. The van der Waals surface area contributed by atoms with Gasteiger partial charge in [0.05, 0.1) is 18.2 Å². The van der Waals surface area contributed by atoms with E-state index < -0.39 is 10.2 Å². The van der Waals surface area contributed by atoms with Crippen LogP contribution in [0.2, 0.25) is 0 Å². The fourth-order valence-electron chi connectivity index (χ4n) is 3.18. The van der Waals surface area contributed by atoms with Gasteiger partial charge in [-0.1, -0.05) is 0 Å². The van der Waals surface area contributed by atoms with Crippen LogP contribution in [0.5, 0.6) is 5.75 Å². The Morgan fingerprint density at radius 2 is 1.96 bits per heavy atom. The van der Waals surface area contributed by atoms with Crippen LogP contribution < -0.4 is 14.4 Å². The van der Waals surface area contributed by atoms with Crippen molar-refractivity contribution in [2.75, 3.05) is 37.1 Å². The minimum absolute atomic E-state index is 0.0727. The number of piperidine rings is 1. The van der Waals surface area contributed by atoms with Crippen LogP contribution in [0.4, 0.5) is 5.69 Å². The maximum atomic E-state index is 13.1. The van der Waals surface area contributed by atoms with E-state index >= 15 is 0 Å². The normalized spacial score (nSPS) is 18.3. The highest BCUT2D eigenvalue weighted by molar-refractivity contribution is 7.90. The first-order chi connectivity index (χ1) is 12.4. The fourth-order valence-corrected chi connectivity index (χ4v) is 4.90. The smallest absolute Gasteiger partial charge is 0.304 e. The summed E-state index contributed by atoms with van der Waals surface area (Å²) in [7, 11) is -3.69. The molecule has 1 saturated heterocycles. The van der Waals surface area contributed by atoms with E-state index in [2.05, 4.69) is 5.32 Å². The SMILES string of the molecule is CCNC(=O)C1CCCN(S(=O)(=O)N(CC)c2ccc(OCC)cc2)C1. The zero-order valence-corrected chi connectivity index (χ0v) is 16.6. The summed E-state index contributed by atoms with van der Waals surface area (Å²) in [6.07, 6.45) is 1.40.